The third kappa shape index (κ3) is 3.46. The summed E-state index contributed by atoms with van der Waals surface area (Å²) in [5.41, 5.74) is 1.04. The van der Waals surface area contributed by atoms with Crippen LogP contribution in [0.1, 0.15) is 48.9 Å². The summed E-state index contributed by atoms with van der Waals surface area (Å²) in [5, 5.41) is 4.10. The van der Waals surface area contributed by atoms with E-state index in [4.69, 9.17) is 0 Å². The second-order valence-corrected chi connectivity index (χ2v) is 6.42. The largest absolute Gasteiger partial charge is 0.310 e. The molecule has 0 aliphatic carbocycles. The zero-order valence-corrected chi connectivity index (χ0v) is 13.3. The Balaban J connectivity index is 2.00. The van der Waals surface area contributed by atoms with E-state index in [-0.39, 0.29) is 5.56 Å². The van der Waals surface area contributed by atoms with Gasteiger partial charge in [-0.05, 0) is 32.4 Å². The van der Waals surface area contributed by atoms with Gasteiger partial charge >= 0.3 is 0 Å². The topological polar surface area (TPSA) is 57.8 Å². The lowest BCUT2D eigenvalue weighted by molar-refractivity contribution is 0.588. The summed E-state index contributed by atoms with van der Waals surface area (Å²) in [4.78, 5) is 21.5. The molecule has 0 aromatic carbocycles. The first-order valence-corrected chi connectivity index (χ1v) is 8.14. The molecule has 2 heterocycles. The number of aryl methyl sites for hydroxylation is 2. The Morgan fingerprint density at radius 2 is 2.05 bits per heavy atom. The number of fused-ring (bicyclic) bond motifs is 1. The van der Waals surface area contributed by atoms with E-state index in [0.29, 0.717) is 6.54 Å². The molecule has 4 nitrogen and oxygen atoms in total. The molecule has 2 rings (SSSR count). The van der Waals surface area contributed by atoms with Gasteiger partial charge in [0.05, 0.1) is 11.9 Å². The minimum absolute atomic E-state index is 0.0142. The van der Waals surface area contributed by atoms with Gasteiger partial charge in [-0.2, -0.15) is 0 Å². The Hall–Kier alpha value is -1.20. The van der Waals surface area contributed by atoms with Crippen molar-refractivity contribution in [2.75, 3.05) is 6.54 Å². The third-order valence-electron chi connectivity index (χ3n) is 3.59. The smallest absolute Gasteiger partial charge is 0.259 e. The molecule has 110 valence electrons. The van der Waals surface area contributed by atoms with Gasteiger partial charge in [-0.1, -0.05) is 26.2 Å². The molecule has 0 saturated heterocycles. The minimum Gasteiger partial charge on any atom is -0.310 e. The number of nitrogens with zero attached hydrogens (tertiary/aromatic N) is 1. The number of unbranched alkanes of at least 4 members (excludes halogenated alkanes) is 3. The maximum atomic E-state index is 12.1. The number of rotatable bonds is 7. The van der Waals surface area contributed by atoms with Crippen LogP contribution in [0.25, 0.3) is 10.2 Å². The normalized spacial score (nSPS) is 11.3. The predicted octanol–water partition coefficient (Wildman–Crippen LogP) is 3.27. The lowest BCUT2D eigenvalue weighted by Crippen LogP contribution is -2.20. The maximum absolute atomic E-state index is 12.1. The van der Waals surface area contributed by atoms with Crippen LogP contribution in [0, 0.1) is 13.8 Å². The van der Waals surface area contributed by atoms with Crippen molar-refractivity contribution in [3.63, 3.8) is 0 Å². The van der Waals surface area contributed by atoms with Crippen LogP contribution in [0.5, 0.6) is 0 Å². The van der Waals surface area contributed by atoms with Crippen LogP contribution in [-0.2, 0) is 6.54 Å². The molecule has 0 saturated carbocycles. The summed E-state index contributed by atoms with van der Waals surface area (Å²) >= 11 is 1.60. The van der Waals surface area contributed by atoms with E-state index < -0.39 is 0 Å². The highest BCUT2D eigenvalue weighted by Gasteiger charge is 2.11. The first-order chi connectivity index (χ1) is 9.63. The zero-order chi connectivity index (χ0) is 14.5. The number of H-pyrrole nitrogens is 1. The molecule has 5 heteroatoms. The van der Waals surface area contributed by atoms with Gasteiger partial charge in [0.25, 0.3) is 5.56 Å². The van der Waals surface area contributed by atoms with Gasteiger partial charge in [0.15, 0.2) is 0 Å². The third-order valence-corrected chi connectivity index (χ3v) is 4.69. The van der Waals surface area contributed by atoms with E-state index in [9.17, 15) is 4.79 Å². The van der Waals surface area contributed by atoms with Crippen LogP contribution in [-0.4, -0.2) is 16.5 Å². The Kier molecular flexibility index (Phi) is 5.31. The van der Waals surface area contributed by atoms with E-state index in [1.807, 2.05) is 13.8 Å². The number of hydrogen-bond donors (Lipinski definition) is 2. The maximum Gasteiger partial charge on any atom is 0.259 e. The van der Waals surface area contributed by atoms with Gasteiger partial charge in [0.1, 0.15) is 10.7 Å². The van der Waals surface area contributed by atoms with Crippen molar-refractivity contribution < 1.29 is 0 Å². The number of aromatic amines is 1. The van der Waals surface area contributed by atoms with E-state index >= 15 is 0 Å². The second-order valence-electron chi connectivity index (χ2n) is 5.21. The predicted molar refractivity (Wildman–Crippen MR) is 85.6 cm³/mol. The van der Waals surface area contributed by atoms with Gasteiger partial charge in [-0.25, -0.2) is 4.98 Å². The van der Waals surface area contributed by atoms with Crippen LogP contribution >= 0.6 is 11.3 Å². The van der Waals surface area contributed by atoms with Crippen molar-refractivity contribution >= 4 is 21.6 Å². The molecule has 20 heavy (non-hydrogen) atoms. The number of thiophene rings is 1. The fourth-order valence-corrected chi connectivity index (χ4v) is 3.32. The average Bonchev–Trinajstić information content (AvgIpc) is 2.69. The minimum atomic E-state index is -0.0142. The molecule has 2 aromatic rings. The molecule has 0 aliphatic heterocycles. The first-order valence-electron chi connectivity index (χ1n) is 7.33. The molecule has 0 unspecified atom stereocenters. The van der Waals surface area contributed by atoms with Crippen molar-refractivity contribution in [1.82, 2.24) is 15.3 Å². The lowest BCUT2D eigenvalue weighted by atomic mass is 10.2. The molecule has 0 amide bonds. The van der Waals surface area contributed by atoms with E-state index in [0.717, 1.165) is 28.1 Å². The Bertz CT molecular complexity index is 630. The van der Waals surface area contributed by atoms with Crippen LogP contribution in [0.4, 0.5) is 0 Å². The monoisotopic (exact) mass is 293 g/mol. The van der Waals surface area contributed by atoms with Crippen molar-refractivity contribution in [2.45, 2.75) is 53.0 Å². The van der Waals surface area contributed by atoms with Crippen molar-refractivity contribution in [3.05, 3.63) is 26.6 Å². The highest BCUT2D eigenvalue weighted by molar-refractivity contribution is 7.18. The van der Waals surface area contributed by atoms with E-state index in [1.54, 1.807) is 11.3 Å². The molecule has 0 spiro atoms. The van der Waals surface area contributed by atoms with Crippen LogP contribution in [0.3, 0.4) is 0 Å². The summed E-state index contributed by atoms with van der Waals surface area (Å²) in [6.07, 6.45) is 4.98. The molecule has 0 bridgehead atoms. The Morgan fingerprint density at radius 1 is 1.25 bits per heavy atom. The summed E-state index contributed by atoms with van der Waals surface area (Å²) < 4.78 is 0. The van der Waals surface area contributed by atoms with Crippen molar-refractivity contribution in [2.24, 2.45) is 0 Å². The highest BCUT2D eigenvalue weighted by Crippen LogP contribution is 2.25. The molecular formula is C15H23N3OS. The SMILES string of the molecule is CCCCCCNCc1nc2sc(C)c(C)c2c(=O)[nH]1. The summed E-state index contributed by atoms with van der Waals surface area (Å²) in [5.74, 6) is 0.735. The fraction of sp³-hybridized carbons (Fsp3) is 0.600. The van der Waals surface area contributed by atoms with Crippen molar-refractivity contribution in [1.29, 1.82) is 0 Å². The van der Waals surface area contributed by atoms with Gasteiger partial charge in [0.2, 0.25) is 0 Å². The van der Waals surface area contributed by atoms with Gasteiger partial charge in [-0.3, -0.25) is 4.79 Å². The zero-order valence-electron chi connectivity index (χ0n) is 12.5. The second kappa shape index (κ2) is 6.99. The van der Waals surface area contributed by atoms with Gasteiger partial charge < -0.3 is 10.3 Å². The van der Waals surface area contributed by atoms with Crippen molar-refractivity contribution in [3.8, 4) is 0 Å². The lowest BCUT2D eigenvalue weighted by Gasteiger charge is -2.04. The molecular weight excluding hydrogens is 270 g/mol. The molecule has 2 N–H and O–H groups in total. The summed E-state index contributed by atoms with van der Waals surface area (Å²) in [6.45, 7) is 7.84. The molecule has 0 aliphatic rings. The highest BCUT2D eigenvalue weighted by atomic mass is 32.1. The quantitative estimate of drug-likeness (QED) is 0.770. The van der Waals surface area contributed by atoms with Crippen LogP contribution in [0.2, 0.25) is 0 Å². The number of aromatic nitrogens is 2. The molecule has 0 fully saturated rings. The van der Waals surface area contributed by atoms with Gasteiger partial charge in [0, 0.05) is 4.88 Å². The number of hydrogen-bond acceptors (Lipinski definition) is 4. The van der Waals surface area contributed by atoms with E-state index in [2.05, 4.69) is 22.2 Å². The summed E-state index contributed by atoms with van der Waals surface area (Å²) in [6, 6.07) is 0. The number of nitrogens with one attached hydrogen (secondary N) is 2. The van der Waals surface area contributed by atoms with Crippen LogP contribution in [0.15, 0.2) is 4.79 Å². The Labute approximate surface area is 123 Å². The molecule has 0 atom stereocenters. The fourth-order valence-electron chi connectivity index (χ4n) is 2.27. The first kappa shape index (κ1) is 15.2. The molecule has 2 aromatic heterocycles. The standard InChI is InChI=1S/C15H23N3OS/c1-4-5-6-7-8-16-9-12-17-14(19)13-10(2)11(3)20-15(13)18-12/h16H,4-9H2,1-3H3,(H,17,18,19). The van der Waals surface area contributed by atoms with Gasteiger partial charge in [-0.15, -0.1) is 11.3 Å². The average molecular weight is 293 g/mol. The van der Waals surface area contributed by atoms with E-state index in [1.165, 1.54) is 30.6 Å². The summed E-state index contributed by atoms with van der Waals surface area (Å²) in [7, 11) is 0. The molecule has 0 radical (unpaired) electrons. The Morgan fingerprint density at radius 3 is 2.80 bits per heavy atom. The van der Waals surface area contributed by atoms with Crippen LogP contribution < -0.4 is 10.9 Å².